The molecule has 49 heavy (non-hydrogen) atoms. The summed E-state index contributed by atoms with van der Waals surface area (Å²) in [5.74, 6) is -0.878. The largest absolute Gasteiger partial charge is 0.322 e. The molecule has 3 N–H and O–H groups in total. The van der Waals surface area contributed by atoms with Crippen molar-refractivity contribution >= 4 is 45.9 Å². The van der Waals surface area contributed by atoms with E-state index in [1.54, 1.807) is 48.5 Å². The summed E-state index contributed by atoms with van der Waals surface area (Å²) in [6.07, 6.45) is 3.50. The van der Waals surface area contributed by atoms with E-state index in [4.69, 9.17) is 17.1 Å². The number of likely N-dealkylation sites (tertiary alicyclic amines) is 1. The van der Waals surface area contributed by atoms with Crippen molar-refractivity contribution in [2.75, 3.05) is 17.2 Å². The smallest absolute Gasteiger partial charge is 0.322 e. The van der Waals surface area contributed by atoms with Crippen LogP contribution in [0.2, 0.25) is 5.02 Å². The van der Waals surface area contributed by atoms with Crippen LogP contribution < -0.4 is 15.4 Å². The normalized spacial score (nSPS) is 19.2. The zero-order valence-electron chi connectivity index (χ0n) is 27.5. The predicted molar refractivity (Wildman–Crippen MR) is 188 cm³/mol. The molecule has 0 radical (unpaired) electrons. The predicted octanol–water partition coefficient (Wildman–Crippen LogP) is 7.76. The summed E-state index contributed by atoms with van der Waals surface area (Å²) >= 11 is 5.96. The Morgan fingerprint density at radius 2 is 1.82 bits per heavy atom. The van der Waals surface area contributed by atoms with Crippen LogP contribution in [0.4, 0.5) is 20.6 Å². The van der Waals surface area contributed by atoms with Gasteiger partial charge in [0.1, 0.15) is 11.9 Å². The van der Waals surface area contributed by atoms with Gasteiger partial charge in [-0.25, -0.2) is 18.1 Å². The van der Waals surface area contributed by atoms with E-state index in [1.165, 1.54) is 17.0 Å². The number of anilines is 2. The van der Waals surface area contributed by atoms with Crippen LogP contribution in [0.3, 0.4) is 0 Å². The Bertz CT molecular complexity index is 1840. The molecule has 1 saturated carbocycles. The molecule has 11 nitrogen and oxygen atoms in total. The second kappa shape index (κ2) is 15.0. The van der Waals surface area contributed by atoms with Crippen molar-refractivity contribution in [3.8, 4) is 6.07 Å². The molecule has 2 aliphatic rings. The Labute approximate surface area is 292 Å². The van der Waals surface area contributed by atoms with Gasteiger partial charge in [0, 0.05) is 22.2 Å². The van der Waals surface area contributed by atoms with Crippen molar-refractivity contribution in [2.24, 2.45) is 11.0 Å². The Balaban J connectivity index is 1.51. The molecule has 5 rings (SSSR count). The van der Waals surface area contributed by atoms with E-state index in [0.29, 0.717) is 39.7 Å². The summed E-state index contributed by atoms with van der Waals surface area (Å²) in [5.41, 5.74) is 9.93. The third kappa shape index (κ3) is 8.58. The number of hydrogen-bond acceptors (Lipinski definition) is 5. The standard InChI is InChI=1S/C35H38ClFN8O3S/c1-34(2,3)49(48)43-35(16-15-22-7-8-22,24-6-4-5-23(17-24)20-38)25-9-14-29(37)30(18-25)41-32(46)31-19-28(42-44-39)21-45(31)33(47)40-27-12-10-26(36)11-13-27/h4-6,9-14,17-18,22,28,31,43H,7-8,15-16,19,21H2,1-3H3,(H,40,47)(H,41,46)/t28?,31?,35?,49-/m1/s1. The van der Waals surface area contributed by atoms with Crippen molar-refractivity contribution in [2.45, 2.75) is 75.2 Å². The molecule has 3 amide bonds. The Kier molecular flexibility index (Phi) is 10.9. The molecule has 1 heterocycles. The first-order valence-electron chi connectivity index (χ1n) is 16.0. The number of urea groups is 1. The van der Waals surface area contributed by atoms with Crippen LogP contribution in [0.1, 0.15) is 69.6 Å². The fraction of sp³-hybridized carbons (Fsp3) is 0.400. The van der Waals surface area contributed by atoms with Crippen LogP contribution in [0.15, 0.2) is 71.8 Å². The van der Waals surface area contributed by atoms with Gasteiger partial charge < -0.3 is 15.5 Å². The maximum atomic E-state index is 15.6. The number of nitriles is 1. The molecule has 1 aliphatic carbocycles. The molecule has 2 fully saturated rings. The highest BCUT2D eigenvalue weighted by Gasteiger charge is 2.42. The first-order valence-corrected chi connectivity index (χ1v) is 17.5. The van der Waals surface area contributed by atoms with Crippen LogP contribution >= 0.6 is 11.6 Å². The maximum absolute atomic E-state index is 15.6. The van der Waals surface area contributed by atoms with Crippen LogP contribution in [-0.4, -0.2) is 44.4 Å². The molecule has 3 aromatic rings. The number of nitrogens with zero attached hydrogens (tertiary/aromatic N) is 5. The number of halogens is 2. The van der Waals surface area contributed by atoms with Gasteiger partial charge in [0.2, 0.25) is 5.91 Å². The molecule has 0 spiro atoms. The summed E-state index contributed by atoms with van der Waals surface area (Å²) in [7, 11) is -1.58. The topological polar surface area (TPSA) is 163 Å². The summed E-state index contributed by atoms with van der Waals surface area (Å²) in [6.45, 7) is 5.53. The van der Waals surface area contributed by atoms with Gasteiger partial charge in [0.15, 0.2) is 0 Å². The lowest BCUT2D eigenvalue weighted by Crippen LogP contribution is -2.49. The number of carbonyl (C=O) groups is 2. The molecular formula is C35H38ClFN8O3S. The third-order valence-corrected chi connectivity index (χ3v) is 10.7. The first-order chi connectivity index (χ1) is 23.3. The highest BCUT2D eigenvalue weighted by Crippen LogP contribution is 2.43. The lowest BCUT2D eigenvalue weighted by molar-refractivity contribution is -0.119. The van der Waals surface area contributed by atoms with Gasteiger partial charge in [0.25, 0.3) is 0 Å². The zero-order chi connectivity index (χ0) is 35.3. The minimum Gasteiger partial charge on any atom is -0.322 e. The van der Waals surface area contributed by atoms with E-state index < -0.39 is 51.1 Å². The maximum Gasteiger partial charge on any atom is 0.322 e. The second-order valence-electron chi connectivity index (χ2n) is 13.4. The number of hydrogen-bond donors (Lipinski definition) is 3. The van der Waals surface area contributed by atoms with Gasteiger partial charge in [-0.3, -0.25) is 4.79 Å². The van der Waals surface area contributed by atoms with E-state index >= 15 is 4.39 Å². The van der Waals surface area contributed by atoms with Gasteiger partial charge in [0.05, 0.1) is 44.6 Å². The number of azide groups is 1. The molecule has 14 heteroatoms. The molecule has 1 saturated heterocycles. The van der Waals surface area contributed by atoms with E-state index in [1.807, 2.05) is 26.8 Å². The fourth-order valence-electron chi connectivity index (χ4n) is 5.89. The average molecular weight is 705 g/mol. The molecule has 256 valence electrons. The van der Waals surface area contributed by atoms with E-state index in [0.717, 1.165) is 19.3 Å². The monoisotopic (exact) mass is 704 g/mol. The summed E-state index contributed by atoms with van der Waals surface area (Å²) in [5, 5.41) is 19.4. The molecule has 0 bridgehead atoms. The molecule has 1 aliphatic heterocycles. The Morgan fingerprint density at radius 3 is 2.47 bits per heavy atom. The Hall–Kier alpha value is -4.47. The highest BCUT2D eigenvalue weighted by molar-refractivity contribution is 7.84. The Morgan fingerprint density at radius 1 is 1.10 bits per heavy atom. The van der Waals surface area contributed by atoms with Crippen LogP contribution in [0, 0.1) is 23.1 Å². The zero-order valence-corrected chi connectivity index (χ0v) is 29.0. The third-order valence-electron chi connectivity index (χ3n) is 8.80. The SMILES string of the molecule is CC(C)(C)[S@@](=O)NC(CCC1CC1)(c1cccc(C#N)c1)c1ccc(F)c(NC(=O)C2CC(N=[N+]=[N-])CN2C(=O)Nc2ccc(Cl)cc2)c1. The molecule has 3 aromatic carbocycles. The van der Waals surface area contributed by atoms with Crippen molar-refractivity contribution < 1.29 is 18.2 Å². The van der Waals surface area contributed by atoms with E-state index in [-0.39, 0.29) is 18.7 Å². The summed E-state index contributed by atoms with van der Waals surface area (Å²) < 4.78 is 32.1. The van der Waals surface area contributed by atoms with Crippen molar-refractivity contribution in [3.63, 3.8) is 0 Å². The molecule has 4 atom stereocenters. The van der Waals surface area contributed by atoms with Gasteiger partial charge in [-0.05, 0) is 111 Å². The van der Waals surface area contributed by atoms with Gasteiger partial charge >= 0.3 is 6.03 Å². The number of nitrogens with one attached hydrogen (secondary N) is 3. The van der Waals surface area contributed by atoms with E-state index in [2.05, 4.69) is 31.5 Å². The highest BCUT2D eigenvalue weighted by atomic mass is 35.5. The number of benzene rings is 3. The van der Waals surface area contributed by atoms with Crippen molar-refractivity contribution in [1.29, 1.82) is 5.26 Å². The van der Waals surface area contributed by atoms with Crippen molar-refractivity contribution in [1.82, 2.24) is 9.62 Å². The number of carbonyl (C=O) groups excluding carboxylic acids is 2. The quantitative estimate of drug-likeness (QED) is 0.106. The lowest BCUT2D eigenvalue weighted by atomic mass is 9.79. The first kappa shape index (κ1) is 35.8. The average Bonchev–Trinajstić information content (AvgIpc) is 3.81. The number of amides is 3. The lowest BCUT2D eigenvalue weighted by Gasteiger charge is -2.38. The molecule has 0 aromatic heterocycles. The van der Waals surface area contributed by atoms with Gasteiger partial charge in [-0.2, -0.15) is 5.26 Å². The van der Waals surface area contributed by atoms with Crippen LogP contribution in [0.25, 0.3) is 10.4 Å². The fourth-order valence-corrected chi connectivity index (χ4v) is 6.98. The van der Waals surface area contributed by atoms with E-state index in [9.17, 15) is 19.1 Å². The molecule has 3 unspecified atom stereocenters. The van der Waals surface area contributed by atoms with Crippen molar-refractivity contribution in [3.05, 3.63) is 105 Å². The summed E-state index contributed by atoms with van der Waals surface area (Å²) in [6, 6.07) is 17.7. The number of rotatable bonds is 11. The molecular weight excluding hydrogens is 667 g/mol. The van der Waals surface area contributed by atoms with Gasteiger partial charge in [-0.1, -0.05) is 47.8 Å². The van der Waals surface area contributed by atoms with Gasteiger partial charge in [-0.15, -0.1) is 0 Å². The van der Waals surface area contributed by atoms with Crippen LogP contribution in [0.5, 0.6) is 0 Å². The van der Waals surface area contributed by atoms with Crippen LogP contribution in [-0.2, 0) is 21.3 Å². The minimum absolute atomic E-state index is 0.0217. The minimum atomic E-state index is -1.58. The summed E-state index contributed by atoms with van der Waals surface area (Å²) in [4.78, 5) is 31.3. The second-order valence-corrected chi connectivity index (χ2v) is 15.8.